The van der Waals surface area contributed by atoms with E-state index >= 15 is 0 Å². The SMILES string of the molecule is CC(=O)c1cccc(NS(=O)(=O)c2ccc(C)s2)c1. The number of ketones is 1. The van der Waals surface area contributed by atoms with E-state index in [1.807, 2.05) is 6.92 Å². The van der Waals surface area contributed by atoms with E-state index in [1.54, 1.807) is 30.3 Å². The van der Waals surface area contributed by atoms with Gasteiger partial charge in [0, 0.05) is 16.1 Å². The maximum atomic E-state index is 12.1. The van der Waals surface area contributed by atoms with Gasteiger partial charge in [-0.05, 0) is 38.1 Å². The Bertz CT molecular complexity index is 717. The molecular weight excluding hydrogens is 282 g/mol. The molecule has 100 valence electrons. The molecule has 0 aliphatic rings. The Hall–Kier alpha value is -1.66. The van der Waals surface area contributed by atoms with Crippen molar-refractivity contribution in [3.05, 3.63) is 46.8 Å². The van der Waals surface area contributed by atoms with Crippen molar-refractivity contribution >= 4 is 32.8 Å². The third-order valence-corrected chi connectivity index (χ3v) is 5.38. The second-order valence-electron chi connectivity index (χ2n) is 4.11. The van der Waals surface area contributed by atoms with Crippen LogP contribution in [0.1, 0.15) is 22.2 Å². The van der Waals surface area contributed by atoms with Crippen LogP contribution in [-0.4, -0.2) is 14.2 Å². The number of hydrogen-bond donors (Lipinski definition) is 1. The van der Waals surface area contributed by atoms with Gasteiger partial charge in [-0.15, -0.1) is 11.3 Å². The number of sulfonamides is 1. The zero-order chi connectivity index (χ0) is 14.0. The first-order chi connectivity index (χ1) is 8.88. The Morgan fingerprint density at radius 2 is 1.95 bits per heavy atom. The number of benzene rings is 1. The zero-order valence-electron chi connectivity index (χ0n) is 10.5. The summed E-state index contributed by atoms with van der Waals surface area (Å²) in [5.41, 5.74) is 0.862. The quantitative estimate of drug-likeness (QED) is 0.882. The van der Waals surface area contributed by atoms with E-state index in [1.165, 1.54) is 24.3 Å². The number of carbonyl (C=O) groups excluding carboxylic acids is 1. The summed E-state index contributed by atoms with van der Waals surface area (Å²) in [4.78, 5) is 12.2. The number of carbonyl (C=O) groups is 1. The van der Waals surface area contributed by atoms with E-state index in [0.29, 0.717) is 11.3 Å². The summed E-state index contributed by atoms with van der Waals surface area (Å²) in [6, 6.07) is 9.76. The minimum atomic E-state index is -3.58. The topological polar surface area (TPSA) is 63.2 Å². The predicted molar refractivity (Wildman–Crippen MR) is 76.3 cm³/mol. The van der Waals surface area contributed by atoms with Gasteiger partial charge in [-0.1, -0.05) is 12.1 Å². The summed E-state index contributed by atoms with van der Waals surface area (Å²) >= 11 is 1.21. The molecule has 1 aromatic carbocycles. The molecule has 6 heteroatoms. The average molecular weight is 295 g/mol. The Morgan fingerprint density at radius 3 is 2.53 bits per heavy atom. The minimum absolute atomic E-state index is 0.104. The molecule has 0 saturated heterocycles. The Morgan fingerprint density at radius 1 is 1.21 bits per heavy atom. The smallest absolute Gasteiger partial charge is 0.271 e. The van der Waals surface area contributed by atoms with Crippen molar-refractivity contribution in [3.8, 4) is 0 Å². The van der Waals surface area contributed by atoms with Gasteiger partial charge in [-0.2, -0.15) is 0 Å². The first kappa shape index (κ1) is 13.8. The van der Waals surface area contributed by atoms with Crippen molar-refractivity contribution in [2.75, 3.05) is 4.72 Å². The number of rotatable bonds is 4. The largest absolute Gasteiger partial charge is 0.295 e. The Kier molecular flexibility index (Phi) is 3.73. The lowest BCUT2D eigenvalue weighted by Crippen LogP contribution is -2.11. The van der Waals surface area contributed by atoms with Crippen LogP contribution in [0.15, 0.2) is 40.6 Å². The Labute approximate surface area is 116 Å². The van der Waals surface area contributed by atoms with Crippen LogP contribution in [-0.2, 0) is 10.0 Å². The van der Waals surface area contributed by atoms with Gasteiger partial charge in [0.05, 0.1) is 0 Å². The lowest BCUT2D eigenvalue weighted by molar-refractivity contribution is 0.101. The minimum Gasteiger partial charge on any atom is -0.295 e. The maximum Gasteiger partial charge on any atom is 0.271 e. The van der Waals surface area contributed by atoms with E-state index in [4.69, 9.17) is 0 Å². The van der Waals surface area contributed by atoms with E-state index < -0.39 is 10.0 Å². The van der Waals surface area contributed by atoms with Crippen molar-refractivity contribution in [1.29, 1.82) is 0 Å². The van der Waals surface area contributed by atoms with Crippen LogP contribution in [0, 0.1) is 6.92 Å². The normalized spacial score (nSPS) is 11.3. The van der Waals surface area contributed by atoms with Gasteiger partial charge in [0.15, 0.2) is 5.78 Å². The second kappa shape index (κ2) is 5.14. The molecule has 0 saturated carbocycles. The molecule has 19 heavy (non-hydrogen) atoms. The number of nitrogens with one attached hydrogen (secondary N) is 1. The van der Waals surface area contributed by atoms with Gasteiger partial charge in [0.1, 0.15) is 4.21 Å². The Balaban J connectivity index is 2.30. The van der Waals surface area contributed by atoms with Crippen LogP contribution >= 0.6 is 11.3 Å². The predicted octanol–water partition coefficient (Wildman–Crippen LogP) is 3.06. The highest BCUT2D eigenvalue weighted by Gasteiger charge is 2.16. The van der Waals surface area contributed by atoms with Crippen molar-refractivity contribution < 1.29 is 13.2 Å². The van der Waals surface area contributed by atoms with Gasteiger partial charge >= 0.3 is 0 Å². The van der Waals surface area contributed by atoms with Crippen molar-refractivity contribution in [3.63, 3.8) is 0 Å². The zero-order valence-corrected chi connectivity index (χ0v) is 12.1. The van der Waals surface area contributed by atoms with Crippen LogP contribution in [0.5, 0.6) is 0 Å². The molecule has 0 amide bonds. The molecule has 1 heterocycles. The summed E-state index contributed by atoms with van der Waals surface area (Å²) in [6.45, 7) is 3.29. The fraction of sp³-hybridized carbons (Fsp3) is 0.154. The summed E-state index contributed by atoms with van der Waals surface area (Å²) in [7, 11) is -3.58. The number of anilines is 1. The molecular formula is C13H13NO3S2. The van der Waals surface area contributed by atoms with E-state index in [2.05, 4.69) is 4.72 Å². The lowest BCUT2D eigenvalue weighted by Gasteiger charge is -2.07. The lowest BCUT2D eigenvalue weighted by atomic mass is 10.1. The highest BCUT2D eigenvalue weighted by molar-refractivity contribution is 7.94. The molecule has 1 N–H and O–H groups in total. The third-order valence-electron chi connectivity index (χ3n) is 2.50. The van der Waals surface area contributed by atoms with Gasteiger partial charge in [0.2, 0.25) is 0 Å². The molecule has 0 bridgehead atoms. The number of thiophene rings is 1. The number of Topliss-reactive ketones (excluding diaryl/α,β-unsaturated/α-hetero) is 1. The molecule has 2 rings (SSSR count). The van der Waals surface area contributed by atoms with E-state index in [0.717, 1.165) is 4.88 Å². The molecule has 0 spiro atoms. The summed E-state index contributed by atoms with van der Waals surface area (Å²) < 4.78 is 27.0. The summed E-state index contributed by atoms with van der Waals surface area (Å²) in [6.07, 6.45) is 0. The van der Waals surface area contributed by atoms with Gasteiger partial charge in [0.25, 0.3) is 10.0 Å². The number of hydrogen-bond acceptors (Lipinski definition) is 4. The van der Waals surface area contributed by atoms with Crippen molar-refractivity contribution in [2.45, 2.75) is 18.1 Å². The molecule has 0 radical (unpaired) electrons. The van der Waals surface area contributed by atoms with Crippen LogP contribution < -0.4 is 4.72 Å². The van der Waals surface area contributed by atoms with Crippen LogP contribution in [0.4, 0.5) is 5.69 Å². The van der Waals surface area contributed by atoms with Crippen LogP contribution in [0.3, 0.4) is 0 Å². The second-order valence-corrected chi connectivity index (χ2v) is 7.30. The molecule has 1 aromatic heterocycles. The van der Waals surface area contributed by atoms with Crippen molar-refractivity contribution in [2.24, 2.45) is 0 Å². The highest BCUT2D eigenvalue weighted by atomic mass is 32.2. The van der Waals surface area contributed by atoms with Gasteiger partial charge in [-0.3, -0.25) is 9.52 Å². The molecule has 0 unspecified atom stereocenters. The van der Waals surface area contributed by atoms with E-state index in [9.17, 15) is 13.2 Å². The third kappa shape index (κ3) is 3.21. The summed E-state index contributed by atoms with van der Waals surface area (Å²) in [5, 5.41) is 0. The number of aryl methyl sites for hydroxylation is 1. The van der Waals surface area contributed by atoms with Crippen LogP contribution in [0.25, 0.3) is 0 Å². The molecule has 4 nitrogen and oxygen atoms in total. The molecule has 0 fully saturated rings. The van der Waals surface area contributed by atoms with E-state index in [-0.39, 0.29) is 9.99 Å². The van der Waals surface area contributed by atoms with Crippen LogP contribution in [0.2, 0.25) is 0 Å². The molecule has 0 aliphatic carbocycles. The molecule has 0 atom stereocenters. The summed E-state index contributed by atoms with van der Waals surface area (Å²) in [5.74, 6) is -0.104. The fourth-order valence-electron chi connectivity index (χ4n) is 1.56. The monoisotopic (exact) mass is 295 g/mol. The van der Waals surface area contributed by atoms with Gasteiger partial charge < -0.3 is 0 Å². The van der Waals surface area contributed by atoms with Crippen molar-refractivity contribution in [1.82, 2.24) is 0 Å². The van der Waals surface area contributed by atoms with Gasteiger partial charge in [-0.25, -0.2) is 8.42 Å². The standard InChI is InChI=1S/C13H13NO3S2/c1-9-6-7-13(18-9)19(16,17)14-12-5-3-4-11(8-12)10(2)15/h3-8,14H,1-2H3. The maximum absolute atomic E-state index is 12.1. The fourth-order valence-corrected chi connectivity index (χ4v) is 3.90. The average Bonchev–Trinajstić information content (AvgIpc) is 2.76. The molecule has 0 aliphatic heterocycles. The first-order valence-electron chi connectivity index (χ1n) is 5.59. The highest BCUT2D eigenvalue weighted by Crippen LogP contribution is 2.23. The molecule has 2 aromatic rings. The first-order valence-corrected chi connectivity index (χ1v) is 7.89.